The number of rotatable bonds is 8. The molecule has 4 rings (SSSR count). The molecule has 0 unspecified atom stereocenters. The molecule has 0 aliphatic rings. The van der Waals surface area contributed by atoms with Gasteiger partial charge in [-0.15, -0.1) is 0 Å². The number of hydrogen-bond donors (Lipinski definition) is 2. The van der Waals surface area contributed by atoms with Crippen molar-refractivity contribution in [2.75, 3.05) is 7.05 Å². The lowest BCUT2D eigenvalue weighted by molar-refractivity contribution is -0.137. The molecule has 0 fully saturated rings. The Morgan fingerprint density at radius 2 is 1.75 bits per heavy atom. The predicted molar refractivity (Wildman–Crippen MR) is 131 cm³/mol. The van der Waals surface area contributed by atoms with E-state index in [2.05, 4.69) is 20.7 Å². The first-order valence-corrected chi connectivity index (χ1v) is 11.8. The predicted octanol–water partition coefficient (Wildman–Crippen LogP) is 4.84. The van der Waals surface area contributed by atoms with Crippen LogP contribution in [0.4, 0.5) is 26.3 Å². The molecular formula is C27H21F6N5O2. The van der Waals surface area contributed by atoms with Crippen LogP contribution in [-0.2, 0) is 23.9 Å². The second-order valence-electron chi connectivity index (χ2n) is 8.74. The fraction of sp³-hybridized carbons (Fsp3) is 0.185. The van der Waals surface area contributed by atoms with Gasteiger partial charge in [0, 0.05) is 31.1 Å². The summed E-state index contributed by atoms with van der Waals surface area (Å²) in [7, 11) is 1.34. The van der Waals surface area contributed by atoms with E-state index < -0.39 is 53.6 Å². The maximum absolute atomic E-state index is 14.3. The van der Waals surface area contributed by atoms with Crippen molar-refractivity contribution in [2.24, 2.45) is 0 Å². The zero-order chi connectivity index (χ0) is 29.0. The van der Waals surface area contributed by atoms with E-state index in [1.807, 2.05) is 0 Å². The number of pyridine rings is 1. The molecule has 1 atom stereocenters. The molecule has 0 bridgehead atoms. The summed E-state index contributed by atoms with van der Waals surface area (Å²) in [5.74, 6) is -3.92. The third-order valence-electron chi connectivity index (χ3n) is 5.88. The van der Waals surface area contributed by atoms with Crippen molar-refractivity contribution < 1.29 is 35.9 Å². The Bertz CT molecular complexity index is 1530. The highest BCUT2D eigenvalue weighted by atomic mass is 19.4. The van der Waals surface area contributed by atoms with Crippen LogP contribution in [-0.4, -0.2) is 33.6 Å². The zero-order valence-electron chi connectivity index (χ0n) is 20.8. The normalized spacial score (nSPS) is 12.2. The number of carbonyl (C=O) groups excluding carboxylic acids is 2. The summed E-state index contributed by atoms with van der Waals surface area (Å²) in [5.41, 5.74) is -0.207. The molecule has 7 nitrogen and oxygen atoms in total. The van der Waals surface area contributed by atoms with Crippen molar-refractivity contribution in [2.45, 2.75) is 25.2 Å². The van der Waals surface area contributed by atoms with Gasteiger partial charge in [-0.3, -0.25) is 19.3 Å². The van der Waals surface area contributed by atoms with Crippen LogP contribution in [0.3, 0.4) is 0 Å². The quantitative estimate of drug-likeness (QED) is 0.302. The van der Waals surface area contributed by atoms with E-state index in [0.29, 0.717) is 29.6 Å². The van der Waals surface area contributed by atoms with E-state index in [1.54, 1.807) is 12.1 Å². The first kappa shape index (κ1) is 28.3. The summed E-state index contributed by atoms with van der Waals surface area (Å²) in [5, 5.41) is 8.55. The Morgan fingerprint density at radius 1 is 1.02 bits per heavy atom. The minimum absolute atomic E-state index is 0.156. The van der Waals surface area contributed by atoms with Crippen molar-refractivity contribution >= 4 is 11.8 Å². The molecule has 2 aromatic carbocycles. The molecule has 2 aromatic heterocycles. The molecule has 2 amide bonds. The van der Waals surface area contributed by atoms with Crippen LogP contribution in [0.5, 0.6) is 0 Å². The molecule has 0 radical (unpaired) electrons. The second kappa shape index (κ2) is 11.6. The molecule has 4 aromatic rings. The van der Waals surface area contributed by atoms with Crippen molar-refractivity contribution in [3.05, 3.63) is 107 Å². The van der Waals surface area contributed by atoms with Crippen molar-refractivity contribution in [3.63, 3.8) is 0 Å². The largest absolute Gasteiger partial charge is 0.419 e. The Balaban J connectivity index is 1.72. The number of aromatic nitrogens is 3. The van der Waals surface area contributed by atoms with E-state index in [0.717, 1.165) is 22.9 Å². The van der Waals surface area contributed by atoms with Gasteiger partial charge in [-0.25, -0.2) is 13.2 Å². The average molecular weight is 561 g/mol. The van der Waals surface area contributed by atoms with Crippen LogP contribution in [0.15, 0.2) is 67.1 Å². The number of halogens is 6. The number of hydrogen-bond acceptors (Lipinski definition) is 4. The van der Waals surface area contributed by atoms with Gasteiger partial charge in [-0.05, 0) is 47.9 Å². The topological polar surface area (TPSA) is 88.9 Å². The van der Waals surface area contributed by atoms with E-state index in [9.17, 15) is 35.9 Å². The summed E-state index contributed by atoms with van der Waals surface area (Å²) < 4.78 is 81.8. The number of amides is 2. The highest BCUT2D eigenvalue weighted by molar-refractivity contribution is 5.95. The van der Waals surface area contributed by atoms with E-state index in [1.165, 1.54) is 25.4 Å². The molecule has 0 spiro atoms. The van der Waals surface area contributed by atoms with E-state index >= 15 is 0 Å². The van der Waals surface area contributed by atoms with Crippen LogP contribution in [0.1, 0.15) is 33.2 Å². The molecule has 0 saturated carbocycles. The van der Waals surface area contributed by atoms with Crippen LogP contribution in [0.25, 0.3) is 11.1 Å². The van der Waals surface area contributed by atoms with Gasteiger partial charge in [-0.1, -0.05) is 12.1 Å². The summed E-state index contributed by atoms with van der Waals surface area (Å²) in [6.45, 7) is -0.594. The molecule has 208 valence electrons. The van der Waals surface area contributed by atoms with Gasteiger partial charge in [0.25, 0.3) is 5.91 Å². The number of carbonyl (C=O) groups is 2. The van der Waals surface area contributed by atoms with Gasteiger partial charge in [0.2, 0.25) is 5.91 Å². The first-order valence-electron chi connectivity index (χ1n) is 11.8. The third-order valence-corrected chi connectivity index (χ3v) is 5.88. The molecule has 2 N–H and O–H groups in total. The fourth-order valence-electron chi connectivity index (χ4n) is 4.10. The highest BCUT2D eigenvalue weighted by Gasteiger charge is 2.32. The fourth-order valence-corrected chi connectivity index (χ4v) is 4.10. The number of nitrogens with zero attached hydrogens (tertiary/aromatic N) is 3. The highest BCUT2D eigenvalue weighted by Crippen LogP contribution is 2.31. The maximum Gasteiger partial charge on any atom is 0.419 e. The lowest BCUT2D eigenvalue weighted by Crippen LogP contribution is -2.33. The molecular weight excluding hydrogens is 540 g/mol. The minimum Gasteiger partial charge on any atom is -0.355 e. The molecule has 13 heteroatoms. The van der Waals surface area contributed by atoms with Crippen molar-refractivity contribution in [1.29, 1.82) is 0 Å². The van der Waals surface area contributed by atoms with Gasteiger partial charge >= 0.3 is 6.18 Å². The Labute approximate surface area is 223 Å². The minimum atomic E-state index is -4.65. The summed E-state index contributed by atoms with van der Waals surface area (Å²) in [6, 6.07) is 8.69. The molecule has 0 saturated heterocycles. The molecule has 2 heterocycles. The van der Waals surface area contributed by atoms with E-state index in [4.69, 9.17) is 0 Å². The molecule has 0 aliphatic heterocycles. The van der Waals surface area contributed by atoms with Crippen LogP contribution < -0.4 is 10.6 Å². The first-order chi connectivity index (χ1) is 18.9. The lowest BCUT2D eigenvalue weighted by Gasteiger charge is -2.22. The maximum atomic E-state index is 14.3. The average Bonchev–Trinajstić information content (AvgIpc) is 3.37. The van der Waals surface area contributed by atoms with Gasteiger partial charge in [0.05, 0.1) is 29.1 Å². The SMILES string of the molecule is CNC(=O)c1cc(-c2cccnc2[C@H](Cc2cc(F)cc(F)c2)NC(=O)Cn2cc(C(F)(F)F)cn2)ccc1F. The summed E-state index contributed by atoms with van der Waals surface area (Å²) in [4.78, 5) is 29.4. The Morgan fingerprint density at radius 3 is 2.40 bits per heavy atom. The zero-order valence-corrected chi connectivity index (χ0v) is 20.8. The third kappa shape index (κ3) is 6.65. The van der Waals surface area contributed by atoms with Gasteiger partial charge in [0.15, 0.2) is 0 Å². The van der Waals surface area contributed by atoms with Gasteiger partial charge in [0.1, 0.15) is 24.0 Å². The smallest absolute Gasteiger partial charge is 0.355 e. The van der Waals surface area contributed by atoms with Crippen LogP contribution in [0.2, 0.25) is 0 Å². The van der Waals surface area contributed by atoms with Crippen molar-refractivity contribution in [1.82, 2.24) is 25.4 Å². The summed E-state index contributed by atoms with van der Waals surface area (Å²) in [6.07, 6.45) is -2.17. The number of alkyl halides is 3. The second-order valence-corrected chi connectivity index (χ2v) is 8.74. The monoisotopic (exact) mass is 561 g/mol. The Kier molecular flexibility index (Phi) is 8.21. The van der Waals surface area contributed by atoms with Crippen molar-refractivity contribution in [3.8, 4) is 11.1 Å². The van der Waals surface area contributed by atoms with E-state index in [-0.39, 0.29) is 23.2 Å². The number of nitrogens with one attached hydrogen (secondary N) is 2. The van der Waals surface area contributed by atoms with Crippen LogP contribution >= 0.6 is 0 Å². The van der Waals surface area contributed by atoms with Crippen LogP contribution in [0, 0.1) is 17.5 Å². The van der Waals surface area contributed by atoms with Gasteiger partial charge in [-0.2, -0.15) is 18.3 Å². The molecule has 0 aliphatic carbocycles. The number of benzene rings is 2. The summed E-state index contributed by atoms with van der Waals surface area (Å²) >= 11 is 0. The lowest BCUT2D eigenvalue weighted by atomic mass is 9.94. The molecule has 40 heavy (non-hydrogen) atoms. The van der Waals surface area contributed by atoms with Gasteiger partial charge < -0.3 is 10.6 Å². The Hall–Kier alpha value is -4.68. The standard InChI is InChI=1S/C27H21F6N5O2/c1-34-26(40)21-10-16(4-5-22(21)30)20-3-2-6-35-25(20)23(9-15-7-18(28)11-19(29)8-15)37-24(39)14-38-13-17(12-36-38)27(31,32)33/h2-8,10-13,23H,9,14H2,1H3,(H,34,40)(H,37,39)/t23-/m0/s1.